The third kappa shape index (κ3) is 3.31. The van der Waals surface area contributed by atoms with Gasteiger partial charge >= 0.3 is 0 Å². The van der Waals surface area contributed by atoms with E-state index in [1.165, 1.54) is 6.92 Å². The highest BCUT2D eigenvalue weighted by Crippen LogP contribution is 2.06. The topological polar surface area (TPSA) is 52.0 Å². The first kappa shape index (κ1) is 11.6. The molecule has 0 amide bonds. The molecule has 1 rings (SSSR count). The summed E-state index contributed by atoms with van der Waals surface area (Å²) in [5.41, 5.74) is 0.609. The van der Waals surface area contributed by atoms with Crippen molar-refractivity contribution in [2.24, 2.45) is 0 Å². The molecular formula is C11H16N2O2. The molecule has 82 valence electrons. The summed E-state index contributed by atoms with van der Waals surface area (Å²) in [5, 5.41) is 4.07. The van der Waals surface area contributed by atoms with Crippen molar-refractivity contribution >= 4 is 11.6 Å². The van der Waals surface area contributed by atoms with Gasteiger partial charge in [-0.2, -0.15) is 5.10 Å². The number of ketones is 2. The average molecular weight is 208 g/mol. The first-order chi connectivity index (χ1) is 7.15. The lowest BCUT2D eigenvalue weighted by molar-refractivity contribution is -0.116. The Kier molecular flexibility index (Phi) is 4.21. The van der Waals surface area contributed by atoms with Crippen LogP contribution < -0.4 is 0 Å². The van der Waals surface area contributed by atoms with E-state index in [9.17, 15) is 9.59 Å². The van der Waals surface area contributed by atoms with Gasteiger partial charge < -0.3 is 4.79 Å². The fourth-order valence-electron chi connectivity index (χ4n) is 1.38. The van der Waals surface area contributed by atoms with E-state index in [2.05, 4.69) is 5.10 Å². The molecule has 15 heavy (non-hydrogen) atoms. The van der Waals surface area contributed by atoms with Crippen LogP contribution in [-0.2, 0) is 11.3 Å². The number of hydrogen-bond acceptors (Lipinski definition) is 3. The summed E-state index contributed by atoms with van der Waals surface area (Å²) < 4.78 is 1.70. The van der Waals surface area contributed by atoms with Gasteiger partial charge in [0.2, 0.25) is 0 Å². The van der Waals surface area contributed by atoms with Crippen molar-refractivity contribution in [2.45, 2.75) is 39.7 Å². The predicted molar refractivity (Wildman–Crippen MR) is 56.8 cm³/mol. The van der Waals surface area contributed by atoms with Crippen LogP contribution in [0.2, 0.25) is 0 Å². The Balaban J connectivity index is 2.64. The van der Waals surface area contributed by atoms with Crippen molar-refractivity contribution < 1.29 is 9.59 Å². The Hall–Kier alpha value is -1.45. The van der Waals surface area contributed by atoms with Gasteiger partial charge in [0.15, 0.2) is 5.78 Å². The molecule has 0 fully saturated rings. The van der Waals surface area contributed by atoms with E-state index in [0.717, 1.165) is 13.0 Å². The molecule has 1 aromatic rings. The number of nitrogens with zero attached hydrogens (tertiary/aromatic N) is 2. The minimum Gasteiger partial charge on any atom is -0.300 e. The van der Waals surface area contributed by atoms with Crippen LogP contribution in [0.15, 0.2) is 12.3 Å². The molecule has 0 aliphatic heterocycles. The molecule has 0 aliphatic rings. The smallest absolute Gasteiger partial charge is 0.181 e. The molecule has 0 atom stereocenters. The Morgan fingerprint density at radius 1 is 1.40 bits per heavy atom. The van der Waals surface area contributed by atoms with Crippen LogP contribution in [0.4, 0.5) is 0 Å². The zero-order valence-electron chi connectivity index (χ0n) is 9.19. The summed E-state index contributed by atoms with van der Waals surface area (Å²) in [5.74, 6) is 0.0426. The van der Waals surface area contributed by atoms with Crippen LogP contribution in [0.1, 0.15) is 43.6 Å². The van der Waals surface area contributed by atoms with Gasteiger partial charge in [-0.25, -0.2) is 0 Å². The van der Waals surface area contributed by atoms with E-state index in [1.807, 2.05) is 6.92 Å². The minimum absolute atomic E-state index is 0.00356. The minimum atomic E-state index is -0.00356. The van der Waals surface area contributed by atoms with E-state index >= 15 is 0 Å². The number of carbonyl (C=O) groups excluding carboxylic acids is 2. The zero-order valence-corrected chi connectivity index (χ0v) is 9.19. The summed E-state index contributed by atoms with van der Waals surface area (Å²) >= 11 is 0. The highest BCUT2D eigenvalue weighted by atomic mass is 16.1. The van der Waals surface area contributed by atoms with Crippen molar-refractivity contribution in [3.8, 4) is 0 Å². The maximum Gasteiger partial charge on any atom is 0.181 e. The number of aromatic nitrogens is 2. The maximum atomic E-state index is 11.7. The molecule has 0 bridgehead atoms. The molecule has 0 N–H and O–H groups in total. The number of hydrogen-bond donors (Lipinski definition) is 0. The van der Waals surface area contributed by atoms with Crippen molar-refractivity contribution in [2.75, 3.05) is 0 Å². The van der Waals surface area contributed by atoms with Gasteiger partial charge in [-0.3, -0.25) is 9.48 Å². The third-order valence-electron chi connectivity index (χ3n) is 2.14. The number of carbonyl (C=O) groups is 2. The normalized spacial score (nSPS) is 10.3. The molecular weight excluding hydrogens is 192 g/mol. The first-order valence-electron chi connectivity index (χ1n) is 5.19. The first-order valence-corrected chi connectivity index (χ1v) is 5.19. The largest absolute Gasteiger partial charge is 0.300 e. The quantitative estimate of drug-likeness (QED) is 0.670. The number of aryl methyl sites for hydroxylation is 1. The Bertz CT molecular complexity index is 355. The SMILES string of the molecule is CCCn1nccc1C(=O)CCC(C)=O. The lowest BCUT2D eigenvalue weighted by Gasteiger charge is -2.04. The van der Waals surface area contributed by atoms with E-state index < -0.39 is 0 Å². The predicted octanol–water partition coefficient (Wildman–Crippen LogP) is 1.84. The molecule has 4 nitrogen and oxygen atoms in total. The lowest BCUT2D eigenvalue weighted by atomic mass is 10.1. The summed E-state index contributed by atoms with van der Waals surface area (Å²) in [4.78, 5) is 22.4. The van der Waals surface area contributed by atoms with Crippen LogP contribution in [-0.4, -0.2) is 21.3 Å². The Morgan fingerprint density at radius 2 is 2.13 bits per heavy atom. The van der Waals surface area contributed by atoms with Gasteiger partial charge in [-0.15, -0.1) is 0 Å². The zero-order chi connectivity index (χ0) is 11.3. The molecule has 0 aromatic carbocycles. The van der Waals surface area contributed by atoms with Crippen LogP contribution in [0.5, 0.6) is 0 Å². The van der Waals surface area contributed by atoms with Crippen LogP contribution >= 0.6 is 0 Å². The number of rotatable bonds is 6. The number of Topliss-reactive ketones (excluding diaryl/α,β-unsaturated/α-hetero) is 2. The molecule has 0 saturated carbocycles. The Labute approximate surface area is 89.3 Å². The highest BCUT2D eigenvalue weighted by molar-refractivity contribution is 5.96. The van der Waals surface area contributed by atoms with Gasteiger partial charge in [0.25, 0.3) is 0 Å². The molecule has 1 aromatic heterocycles. The monoisotopic (exact) mass is 208 g/mol. The van der Waals surface area contributed by atoms with Crippen LogP contribution in [0.25, 0.3) is 0 Å². The van der Waals surface area contributed by atoms with E-state index in [0.29, 0.717) is 12.1 Å². The van der Waals surface area contributed by atoms with Gasteiger partial charge in [-0.05, 0) is 19.4 Å². The summed E-state index contributed by atoms with van der Waals surface area (Å²) in [6.07, 6.45) is 3.16. The van der Waals surface area contributed by atoms with Gasteiger partial charge in [0.1, 0.15) is 11.5 Å². The summed E-state index contributed by atoms with van der Waals surface area (Å²) in [6, 6.07) is 1.71. The van der Waals surface area contributed by atoms with Crippen molar-refractivity contribution in [1.82, 2.24) is 9.78 Å². The average Bonchev–Trinajstić information content (AvgIpc) is 2.63. The van der Waals surface area contributed by atoms with Crippen LogP contribution in [0, 0.1) is 0 Å². The van der Waals surface area contributed by atoms with E-state index in [-0.39, 0.29) is 18.0 Å². The van der Waals surface area contributed by atoms with Crippen molar-refractivity contribution in [1.29, 1.82) is 0 Å². The van der Waals surface area contributed by atoms with Crippen molar-refractivity contribution in [3.05, 3.63) is 18.0 Å². The molecule has 1 heterocycles. The lowest BCUT2D eigenvalue weighted by Crippen LogP contribution is -2.11. The molecule has 4 heteroatoms. The second-order valence-electron chi connectivity index (χ2n) is 3.56. The van der Waals surface area contributed by atoms with E-state index in [4.69, 9.17) is 0 Å². The molecule has 0 unspecified atom stereocenters. The molecule has 0 spiro atoms. The summed E-state index contributed by atoms with van der Waals surface area (Å²) in [7, 11) is 0. The molecule has 0 aliphatic carbocycles. The fraction of sp³-hybridized carbons (Fsp3) is 0.545. The fourth-order valence-corrected chi connectivity index (χ4v) is 1.38. The van der Waals surface area contributed by atoms with Crippen molar-refractivity contribution in [3.63, 3.8) is 0 Å². The second-order valence-corrected chi connectivity index (χ2v) is 3.56. The Morgan fingerprint density at radius 3 is 2.73 bits per heavy atom. The van der Waals surface area contributed by atoms with Gasteiger partial charge in [0, 0.05) is 25.6 Å². The van der Waals surface area contributed by atoms with E-state index in [1.54, 1.807) is 16.9 Å². The third-order valence-corrected chi connectivity index (χ3v) is 2.14. The standard InChI is InChI=1S/C11H16N2O2/c1-3-8-13-10(6-7-12-13)11(15)5-4-9(2)14/h6-7H,3-5,8H2,1-2H3. The maximum absolute atomic E-state index is 11.7. The highest BCUT2D eigenvalue weighted by Gasteiger charge is 2.11. The van der Waals surface area contributed by atoms with Crippen LogP contribution in [0.3, 0.4) is 0 Å². The molecule has 0 saturated heterocycles. The molecule has 0 radical (unpaired) electrons. The van der Waals surface area contributed by atoms with Gasteiger partial charge in [-0.1, -0.05) is 6.92 Å². The van der Waals surface area contributed by atoms with Gasteiger partial charge in [0.05, 0.1) is 0 Å². The summed E-state index contributed by atoms with van der Waals surface area (Å²) in [6.45, 7) is 4.27. The second kappa shape index (κ2) is 5.44.